The molecule has 3 rings (SSSR count). The van der Waals surface area contributed by atoms with Gasteiger partial charge < -0.3 is 14.2 Å². The average molecular weight is 396 g/mol. The third-order valence-electron chi connectivity index (χ3n) is 4.02. The Bertz CT molecular complexity index is 990. The molecule has 0 unspecified atom stereocenters. The van der Waals surface area contributed by atoms with Gasteiger partial charge in [-0.15, -0.1) is 0 Å². The van der Waals surface area contributed by atoms with Gasteiger partial charge in [0.2, 0.25) is 5.12 Å². The molecule has 0 saturated heterocycles. The van der Waals surface area contributed by atoms with E-state index in [4.69, 9.17) is 14.2 Å². The first-order valence-electron chi connectivity index (χ1n) is 8.48. The van der Waals surface area contributed by atoms with E-state index in [1.54, 1.807) is 32.4 Å². The van der Waals surface area contributed by atoms with Gasteiger partial charge in [0.05, 0.1) is 27.0 Å². The van der Waals surface area contributed by atoms with Crippen LogP contribution in [-0.2, 0) is 0 Å². The van der Waals surface area contributed by atoms with E-state index in [1.165, 1.54) is 7.11 Å². The number of hydrogen-bond acceptors (Lipinski definition) is 7. The summed E-state index contributed by atoms with van der Waals surface area (Å²) >= 11 is 0.978. The van der Waals surface area contributed by atoms with Gasteiger partial charge in [0, 0.05) is 16.8 Å². The third-order valence-corrected chi connectivity index (χ3v) is 4.81. The summed E-state index contributed by atoms with van der Waals surface area (Å²) in [6.45, 7) is 1.87. The number of aromatic nitrogens is 2. The maximum Gasteiger partial charge on any atom is 0.227 e. The van der Waals surface area contributed by atoms with Crippen LogP contribution in [0, 0.1) is 6.92 Å². The van der Waals surface area contributed by atoms with E-state index in [0.717, 1.165) is 34.5 Å². The third kappa shape index (κ3) is 4.43. The molecule has 0 spiro atoms. The van der Waals surface area contributed by atoms with Crippen LogP contribution in [0.2, 0.25) is 0 Å². The molecule has 0 N–H and O–H groups in total. The first-order chi connectivity index (χ1) is 13.5. The van der Waals surface area contributed by atoms with E-state index in [2.05, 4.69) is 9.97 Å². The zero-order valence-electron chi connectivity index (χ0n) is 16.1. The number of rotatable bonds is 6. The molecule has 2 aromatic carbocycles. The quantitative estimate of drug-likeness (QED) is 0.451. The van der Waals surface area contributed by atoms with Crippen LogP contribution in [0.25, 0.3) is 11.3 Å². The number of nitrogens with zero attached hydrogens (tertiary/aromatic N) is 2. The predicted molar refractivity (Wildman–Crippen MR) is 108 cm³/mol. The fraction of sp³-hybridized carbons (Fsp3) is 0.190. The maximum absolute atomic E-state index is 12.7. The number of benzene rings is 2. The maximum atomic E-state index is 12.7. The number of methoxy groups -OCH3 is 3. The van der Waals surface area contributed by atoms with Gasteiger partial charge in [0.15, 0.2) is 16.7 Å². The van der Waals surface area contributed by atoms with Crippen molar-refractivity contribution in [1.82, 2.24) is 9.97 Å². The van der Waals surface area contributed by atoms with Gasteiger partial charge in [-0.3, -0.25) is 4.79 Å². The monoisotopic (exact) mass is 396 g/mol. The predicted octanol–water partition coefficient (Wildman–Crippen LogP) is 4.41. The highest BCUT2D eigenvalue weighted by Gasteiger charge is 2.15. The van der Waals surface area contributed by atoms with Crippen LogP contribution < -0.4 is 14.2 Å². The molecule has 0 saturated carbocycles. The summed E-state index contributed by atoms with van der Waals surface area (Å²) in [5.74, 6) is 1.84. The summed E-state index contributed by atoms with van der Waals surface area (Å²) in [5.41, 5.74) is 2.94. The lowest BCUT2D eigenvalue weighted by Crippen LogP contribution is -2.00. The second-order valence-corrected chi connectivity index (χ2v) is 6.80. The van der Waals surface area contributed by atoms with E-state index < -0.39 is 0 Å². The lowest BCUT2D eigenvalue weighted by Gasteiger charge is -2.09. The van der Waals surface area contributed by atoms with Crippen LogP contribution in [0.4, 0.5) is 0 Å². The van der Waals surface area contributed by atoms with Crippen molar-refractivity contribution in [2.24, 2.45) is 0 Å². The number of thioether (sulfide) groups is 1. The standard InChI is InChI=1S/C21H20N2O4S/c1-13-11-17(14-5-8-16(25-2)9-6-14)23-21(22-13)28-20(24)15-7-10-18(26-3)19(12-15)27-4/h5-12H,1-4H3. The topological polar surface area (TPSA) is 70.5 Å². The van der Waals surface area contributed by atoms with Crippen molar-refractivity contribution in [2.45, 2.75) is 12.1 Å². The molecule has 0 aliphatic carbocycles. The Morgan fingerprint density at radius 1 is 0.857 bits per heavy atom. The largest absolute Gasteiger partial charge is 0.497 e. The van der Waals surface area contributed by atoms with Gasteiger partial charge in [-0.2, -0.15) is 0 Å². The highest BCUT2D eigenvalue weighted by atomic mass is 32.2. The van der Waals surface area contributed by atoms with Crippen molar-refractivity contribution < 1.29 is 19.0 Å². The first-order valence-corrected chi connectivity index (χ1v) is 9.30. The molecule has 0 aliphatic rings. The Morgan fingerprint density at radius 3 is 2.21 bits per heavy atom. The van der Waals surface area contributed by atoms with E-state index in [0.29, 0.717) is 22.2 Å². The van der Waals surface area contributed by atoms with E-state index in [-0.39, 0.29) is 5.12 Å². The molecule has 1 heterocycles. The van der Waals surface area contributed by atoms with Gasteiger partial charge in [0.25, 0.3) is 0 Å². The second-order valence-electron chi connectivity index (χ2n) is 5.86. The van der Waals surface area contributed by atoms with E-state index >= 15 is 0 Å². The van der Waals surface area contributed by atoms with Crippen LogP contribution in [-0.4, -0.2) is 36.4 Å². The first kappa shape index (κ1) is 19.7. The molecule has 1 aromatic heterocycles. The van der Waals surface area contributed by atoms with Crippen LogP contribution in [0.5, 0.6) is 17.2 Å². The van der Waals surface area contributed by atoms with Crippen molar-refractivity contribution in [3.8, 4) is 28.5 Å². The lowest BCUT2D eigenvalue weighted by molar-refractivity contribution is 0.108. The zero-order chi connectivity index (χ0) is 20.1. The zero-order valence-corrected chi connectivity index (χ0v) is 16.9. The van der Waals surface area contributed by atoms with Crippen LogP contribution in [0.15, 0.2) is 53.7 Å². The summed E-state index contributed by atoms with van der Waals surface area (Å²) in [6, 6.07) is 14.5. The summed E-state index contributed by atoms with van der Waals surface area (Å²) in [5, 5.41) is 0.220. The van der Waals surface area contributed by atoms with Gasteiger partial charge >= 0.3 is 0 Å². The number of hydrogen-bond donors (Lipinski definition) is 0. The molecule has 6 nitrogen and oxygen atoms in total. The molecule has 0 atom stereocenters. The van der Waals surface area contributed by atoms with Crippen molar-refractivity contribution in [1.29, 1.82) is 0 Å². The van der Waals surface area contributed by atoms with Crippen LogP contribution in [0.1, 0.15) is 16.1 Å². The van der Waals surface area contributed by atoms with Gasteiger partial charge in [-0.05, 0) is 67.2 Å². The molecule has 7 heteroatoms. The number of carbonyl (C=O) groups is 1. The van der Waals surface area contributed by atoms with Crippen molar-refractivity contribution in [3.63, 3.8) is 0 Å². The SMILES string of the molecule is COc1ccc(-c2cc(C)nc(SC(=O)c3ccc(OC)c(OC)c3)n2)cc1. The van der Waals surface area contributed by atoms with Crippen molar-refractivity contribution in [3.05, 3.63) is 59.8 Å². The summed E-state index contributed by atoms with van der Waals surface area (Å²) in [7, 11) is 4.71. The minimum Gasteiger partial charge on any atom is -0.497 e. The van der Waals surface area contributed by atoms with E-state index in [9.17, 15) is 4.79 Å². The van der Waals surface area contributed by atoms with Crippen LogP contribution >= 0.6 is 11.8 Å². The molecule has 0 amide bonds. The minimum atomic E-state index is -0.174. The lowest BCUT2D eigenvalue weighted by atomic mass is 10.1. The summed E-state index contributed by atoms with van der Waals surface area (Å²) in [4.78, 5) is 21.6. The van der Waals surface area contributed by atoms with Crippen molar-refractivity contribution >= 4 is 16.9 Å². The van der Waals surface area contributed by atoms with Crippen LogP contribution in [0.3, 0.4) is 0 Å². The smallest absolute Gasteiger partial charge is 0.227 e. The summed E-state index contributed by atoms with van der Waals surface area (Å²) < 4.78 is 15.7. The Labute approximate surface area is 167 Å². The second kappa shape index (κ2) is 8.75. The van der Waals surface area contributed by atoms with Crippen molar-refractivity contribution in [2.75, 3.05) is 21.3 Å². The molecule has 144 valence electrons. The molecule has 28 heavy (non-hydrogen) atoms. The van der Waals surface area contributed by atoms with Gasteiger partial charge in [-0.25, -0.2) is 9.97 Å². The number of aryl methyl sites for hydroxylation is 1. The molecule has 0 aliphatic heterocycles. The summed E-state index contributed by atoms with van der Waals surface area (Å²) in [6.07, 6.45) is 0. The van der Waals surface area contributed by atoms with Gasteiger partial charge in [-0.1, -0.05) is 0 Å². The Morgan fingerprint density at radius 2 is 1.57 bits per heavy atom. The molecule has 0 bridgehead atoms. The molecular formula is C21H20N2O4S. The Kier molecular flexibility index (Phi) is 6.16. The average Bonchev–Trinajstić information content (AvgIpc) is 2.72. The van der Waals surface area contributed by atoms with E-state index in [1.807, 2.05) is 37.3 Å². The molecule has 0 fully saturated rings. The Balaban J connectivity index is 1.86. The molecule has 0 radical (unpaired) electrons. The number of ether oxygens (including phenoxy) is 3. The highest BCUT2D eigenvalue weighted by Crippen LogP contribution is 2.31. The molecule has 3 aromatic rings. The number of carbonyl (C=O) groups excluding carboxylic acids is 1. The Hall–Kier alpha value is -3.06. The fourth-order valence-corrected chi connectivity index (χ4v) is 3.35. The van der Waals surface area contributed by atoms with Gasteiger partial charge in [0.1, 0.15) is 5.75 Å². The minimum absolute atomic E-state index is 0.174. The highest BCUT2D eigenvalue weighted by molar-refractivity contribution is 8.14. The fourth-order valence-electron chi connectivity index (χ4n) is 2.60. The molecular weight excluding hydrogens is 376 g/mol. The normalized spacial score (nSPS) is 10.4.